The molecule has 2 N–H and O–H groups in total. The Bertz CT molecular complexity index is 373. The minimum absolute atomic E-state index is 0.249. The van der Waals surface area contributed by atoms with Crippen LogP contribution in [0.5, 0.6) is 0 Å². The third-order valence-corrected chi connectivity index (χ3v) is 5.76. The molecule has 3 heterocycles. The summed E-state index contributed by atoms with van der Waals surface area (Å²) in [6, 6.07) is 1.35. The van der Waals surface area contributed by atoms with E-state index in [2.05, 4.69) is 24.5 Å². The molecule has 4 unspecified atom stereocenters. The van der Waals surface area contributed by atoms with E-state index in [4.69, 9.17) is 4.74 Å². The summed E-state index contributed by atoms with van der Waals surface area (Å²) in [7, 11) is 0. The van der Waals surface area contributed by atoms with Crippen molar-refractivity contribution >= 4 is 5.91 Å². The maximum atomic E-state index is 12.3. The number of carbonyl (C=O) groups excluding carboxylic acids is 1. The van der Waals surface area contributed by atoms with Gasteiger partial charge in [0, 0.05) is 37.6 Å². The number of carbonyl (C=O) groups is 1. The van der Waals surface area contributed by atoms with Crippen LogP contribution in [0.4, 0.5) is 0 Å². The molecule has 1 amide bonds. The SMILES string of the molecule is CC(C)C1OCCCC1CNC(=O)CC1CC2CCC(C1)N2. The van der Waals surface area contributed by atoms with Crippen LogP contribution < -0.4 is 10.6 Å². The summed E-state index contributed by atoms with van der Waals surface area (Å²) >= 11 is 0. The Morgan fingerprint density at radius 3 is 2.64 bits per heavy atom. The van der Waals surface area contributed by atoms with Crippen molar-refractivity contribution in [3.05, 3.63) is 0 Å². The van der Waals surface area contributed by atoms with E-state index in [1.165, 1.54) is 32.1 Å². The van der Waals surface area contributed by atoms with Crippen LogP contribution in [0, 0.1) is 17.8 Å². The smallest absolute Gasteiger partial charge is 0.220 e. The zero-order valence-electron chi connectivity index (χ0n) is 14.1. The molecule has 4 nitrogen and oxygen atoms in total. The van der Waals surface area contributed by atoms with E-state index in [-0.39, 0.29) is 5.91 Å². The van der Waals surface area contributed by atoms with Gasteiger partial charge in [-0.3, -0.25) is 4.79 Å². The molecule has 22 heavy (non-hydrogen) atoms. The van der Waals surface area contributed by atoms with Crippen LogP contribution in [0.25, 0.3) is 0 Å². The maximum Gasteiger partial charge on any atom is 0.220 e. The fourth-order valence-corrected chi connectivity index (χ4v) is 4.74. The quantitative estimate of drug-likeness (QED) is 0.820. The summed E-state index contributed by atoms with van der Waals surface area (Å²) in [4.78, 5) is 12.3. The van der Waals surface area contributed by atoms with Gasteiger partial charge in [0.1, 0.15) is 0 Å². The predicted octanol–water partition coefficient (Wildman–Crippen LogP) is 2.47. The topological polar surface area (TPSA) is 50.4 Å². The lowest BCUT2D eigenvalue weighted by Crippen LogP contribution is -2.43. The molecule has 4 atom stereocenters. The normalized spacial score (nSPS) is 38.2. The van der Waals surface area contributed by atoms with Crippen LogP contribution in [-0.4, -0.2) is 37.2 Å². The average Bonchev–Trinajstić information content (AvgIpc) is 2.84. The summed E-state index contributed by atoms with van der Waals surface area (Å²) in [5.41, 5.74) is 0. The van der Waals surface area contributed by atoms with Gasteiger partial charge in [-0.25, -0.2) is 0 Å². The lowest BCUT2D eigenvalue weighted by atomic mass is 9.87. The van der Waals surface area contributed by atoms with E-state index < -0.39 is 0 Å². The minimum Gasteiger partial charge on any atom is -0.378 e. The van der Waals surface area contributed by atoms with E-state index in [1.54, 1.807) is 0 Å². The second-order valence-electron chi connectivity index (χ2n) is 7.97. The largest absolute Gasteiger partial charge is 0.378 e. The van der Waals surface area contributed by atoms with Crippen molar-refractivity contribution < 1.29 is 9.53 Å². The average molecular weight is 308 g/mol. The lowest BCUT2D eigenvalue weighted by Gasteiger charge is -2.34. The number of amides is 1. The van der Waals surface area contributed by atoms with Gasteiger partial charge < -0.3 is 15.4 Å². The molecule has 0 radical (unpaired) electrons. The van der Waals surface area contributed by atoms with Gasteiger partial charge in [0.15, 0.2) is 0 Å². The molecule has 3 rings (SSSR count). The van der Waals surface area contributed by atoms with Gasteiger partial charge in [0.2, 0.25) is 5.91 Å². The number of fused-ring (bicyclic) bond motifs is 2. The first-order valence-electron chi connectivity index (χ1n) is 9.26. The van der Waals surface area contributed by atoms with Gasteiger partial charge in [-0.1, -0.05) is 13.8 Å². The second-order valence-corrected chi connectivity index (χ2v) is 7.97. The highest BCUT2D eigenvalue weighted by Gasteiger charge is 2.34. The predicted molar refractivity (Wildman–Crippen MR) is 87.6 cm³/mol. The molecule has 0 saturated carbocycles. The molecule has 0 aromatic rings. The fourth-order valence-electron chi connectivity index (χ4n) is 4.74. The lowest BCUT2D eigenvalue weighted by molar-refractivity contribution is -0.123. The molecule has 126 valence electrons. The number of hydrogen-bond donors (Lipinski definition) is 2. The molecule has 3 aliphatic rings. The molecular formula is C18H32N2O2. The van der Waals surface area contributed by atoms with Crippen LogP contribution in [-0.2, 0) is 9.53 Å². The Morgan fingerprint density at radius 1 is 1.23 bits per heavy atom. The van der Waals surface area contributed by atoms with Gasteiger partial charge in [0.25, 0.3) is 0 Å². The summed E-state index contributed by atoms with van der Waals surface area (Å²) in [6.45, 7) is 6.11. The van der Waals surface area contributed by atoms with Gasteiger partial charge >= 0.3 is 0 Å². The molecule has 3 fully saturated rings. The maximum absolute atomic E-state index is 12.3. The van der Waals surface area contributed by atoms with Crippen LogP contribution in [0.15, 0.2) is 0 Å². The zero-order chi connectivity index (χ0) is 15.5. The Morgan fingerprint density at radius 2 is 1.95 bits per heavy atom. The number of rotatable bonds is 5. The Kier molecular flexibility index (Phi) is 5.40. The number of piperidine rings is 1. The van der Waals surface area contributed by atoms with E-state index in [1.807, 2.05) is 0 Å². The number of ether oxygens (including phenoxy) is 1. The monoisotopic (exact) mass is 308 g/mol. The zero-order valence-corrected chi connectivity index (χ0v) is 14.1. The first kappa shape index (κ1) is 16.3. The highest BCUT2D eigenvalue weighted by molar-refractivity contribution is 5.76. The van der Waals surface area contributed by atoms with Crippen molar-refractivity contribution in [3.63, 3.8) is 0 Å². The minimum atomic E-state index is 0.249. The second kappa shape index (κ2) is 7.31. The van der Waals surface area contributed by atoms with Crippen molar-refractivity contribution in [3.8, 4) is 0 Å². The Hall–Kier alpha value is -0.610. The van der Waals surface area contributed by atoms with E-state index in [9.17, 15) is 4.79 Å². The molecule has 3 aliphatic heterocycles. The highest BCUT2D eigenvalue weighted by Crippen LogP contribution is 2.32. The van der Waals surface area contributed by atoms with Crippen molar-refractivity contribution in [2.75, 3.05) is 13.2 Å². The number of nitrogens with one attached hydrogen (secondary N) is 2. The molecule has 0 aliphatic carbocycles. The van der Waals surface area contributed by atoms with E-state index in [0.29, 0.717) is 42.4 Å². The van der Waals surface area contributed by atoms with Gasteiger partial charge in [-0.05, 0) is 50.4 Å². The molecule has 2 bridgehead atoms. The van der Waals surface area contributed by atoms with Crippen LogP contribution in [0.2, 0.25) is 0 Å². The summed E-state index contributed by atoms with van der Waals surface area (Å²) in [6.07, 6.45) is 8.31. The van der Waals surface area contributed by atoms with Gasteiger partial charge in [0.05, 0.1) is 6.10 Å². The molecule has 4 heteroatoms. The van der Waals surface area contributed by atoms with Crippen LogP contribution in [0.1, 0.15) is 58.8 Å². The third-order valence-electron chi connectivity index (χ3n) is 5.76. The van der Waals surface area contributed by atoms with Gasteiger partial charge in [-0.2, -0.15) is 0 Å². The number of hydrogen-bond acceptors (Lipinski definition) is 3. The van der Waals surface area contributed by atoms with Crippen LogP contribution >= 0.6 is 0 Å². The summed E-state index contributed by atoms with van der Waals surface area (Å²) < 4.78 is 5.91. The Balaban J connectivity index is 1.42. The van der Waals surface area contributed by atoms with Crippen molar-refractivity contribution in [1.29, 1.82) is 0 Å². The molecule has 0 aromatic heterocycles. The molecular weight excluding hydrogens is 276 g/mol. The van der Waals surface area contributed by atoms with Crippen LogP contribution in [0.3, 0.4) is 0 Å². The molecule has 0 spiro atoms. The molecule has 3 saturated heterocycles. The summed E-state index contributed by atoms with van der Waals surface area (Å²) in [5, 5.41) is 6.84. The third kappa shape index (κ3) is 4.02. The van der Waals surface area contributed by atoms with E-state index in [0.717, 1.165) is 19.6 Å². The molecule has 0 aromatic carbocycles. The van der Waals surface area contributed by atoms with Crippen molar-refractivity contribution in [1.82, 2.24) is 10.6 Å². The summed E-state index contributed by atoms with van der Waals surface area (Å²) in [5.74, 6) is 1.85. The van der Waals surface area contributed by atoms with E-state index >= 15 is 0 Å². The highest BCUT2D eigenvalue weighted by atomic mass is 16.5. The Labute approximate surface area is 134 Å². The van der Waals surface area contributed by atoms with Crippen molar-refractivity contribution in [2.45, 2.75) is 77.0 Å². The van der Waals surface area contributed by atoms with Gasteiger partial charge in [-0.15, -0.1) is 0 Å². The van der Waals surface area contributed by atoms with Crippen molar-refractivity contribution in [2.24, 2.45) is 17.8 Å². The first-order valence-corrected chi connectivity index (χ1v) is 9.26. The first-order chi connectivity index (χ1) is 10.6. The fraction of sp³-hybridized carbons (Fsp3) is 0.944. The standard InChI is InChI=1S/C18H32N2O2/c1-12(2)18-14(4-3-7-22-18)11-19-17(21)10-13-8-15-5-6-16(9-13)20-15/h12-16,18,20H,3-11H2,1-2H3,(H,19,21).